The second-order valence-electron chi connectivity index (χ2n) is 5.89. The van der Waals surface area contributed by atoms with Gasteiger partial charge in [-0.1, -0.05) is 0 Å². The van der Waals surface area contributed by atoms with Gasteiger partial charge in [-0.15, -0.1) is 0 Å². The smallest absolute Gasteiger partial charge is 0.411 e. The summed E-state index contributed by atoms with van der Waals surface area (Å²) in [6.07, 6.45) is -2.84. The molecule has 1 N–H and O–H groups in total. The summed E-state index contributed by atoms with van der Waals surface area (Å²) in [4.78, 5) is 13.5. The van der Waals surface area contributed by atoms with Gasteiger partial charge < -0.3 is 14.6 Å². The van der Waals surface area contributed by atoms with E-state index < -0.39 is 30.0 Å². The summed E-state index contributed by atoms with van der Waals surface area (Å²) in [6.45, 7) is 5.72. The van der Waals surface area contributed by atoms with Crippen molar-refractivity contribution in [2.75, 3.05) is 13.2 Å². The summed E-state index contributed by atoms with van der Waals surface area (Å²) in [5.41, 5.74) is -0.617. The lowest BCUT2D eigenvalue weighted by atomic mass is 9.91. The molecule has 4 atom stereocenters. The minimum atomic E-state index is -1.48. The Bertz CT molecular complexity index is 331. The van der Waals surface area contributed by atoms with Gasteiger partial charge in [-0.2, -0.15) is 0 Å². The summed E-state index contributed by atoms with van der Waals surface area (Å²) in [7, 11) is 0. The average Bonchev–Trinajstić information content (AvgIpc) is 2.23. The lowest BCUT2D eigenvalue weighted by Crippen LogP contribution is -2.65. The van der Waals surface area contributed by atoms with Gasteiger partial charge in [0.05, 0.1) is 31.4 Å². The maximum absolute atomic E-state index is 13.9. The van der Waals surface area contributed by atoms with Gasteiger partial charge in [0.2, 0.25) is 0 Å². The van der Waals surface area contributed by atoms with Crippen molar-refractivity contribution in [2.24, 2.45) is 0 Å². The molecule has 0 aromatic carbocycles. The van der Waals surface area contributed by atoms with E-state index in [1.807, 2.05) is 0 Å². The van der Waals surface area contributed by atoms with Crippen LogP contribution >= 0.6 is 0 Å². The molecule has 0 aromatic heterocycles. The third kappa shape index (κ3) is 2.59. The summed E-state index contributed by atoms with van der Waals surface area (Å²) < 4.78 is 24.5. The lowest BCUT2D eigenvalue weighted by Gasteiger charge is -2.48. The van der Waals surface area contributed by atoms with E-state index in [2.05, 4.69) is 0 Å². The zero-order valence-corrected chi connectivity index (χ0v) is 10.9. The van der Waals surface area contributed by atoms with Crippen LogP contribution in [0.15, 0.2) is 0 Å². The first-order chi connectivity index (χ1) is 8.29. The minimum absolute atomic E-state index is 0.105. The Morgan fingerprint density at radius 3 is 2.72 bits per heavy atom. The molecule has 0 aromatic rings. The van der Waals surface area contributed by atoms with Crippen LogP contribution in [-0.4, -0.2) is 59.3 Å². The zero-order valence-electron chi connectivity index (χ0n) is 10.9. The maximum atomic E-state index is 13.9. The van der Waals surface area contributed by atoms with Gasteiger partial charge in [0.25, 0.3) is 0 Å². The molecular formula is C12H20FNO4. The first-order valence-corrected chi connectivity index (χ1v) is 6.21. The van der Waals surface area contributed by atoms with Gasteiger partial charge >= 0.3 is 6.09 Å². The number of rotatable bonds is 0. The summed E-state index contributed by atoms with van der Waals surface area (Å²) in [6, 6.07) is -1.05. The highest BCUT2D eigenvalue weighted by Crippen LogP contribution is 2.31. The number of ether oxygens (including phenoxy) is 2. The predicted molar refractivity (Wildman–Crippen MR) is 62.0 cm³/mol. The molecule has 0 radical (unpaired) electrons. The number of aliphatic hydroxyl groups is 1. The molecule has 104 valence electrons. The number of hydrogen-bond acceptors (Lipinski definition) is 4. The van der Waals surface area contributed by atoms with Gasteiger partial charge in [-0.25, -0.2) is 9.18 Å². The minimum Gasteiger partial charge on any atom is -0.444 e. The quantitative estimate of drug-likeness (QED) is 0.709. The molecule has 1 amide bonds. The number of halogens is 1. The van der Waals surface area contributed by atoms with Crippen LogP contribution in [0, 0.1) is 0 Å². The van der Waals surface area contributed by atoms with Gasteiger partial charge in [0, 0.05) is 0 Å². The molecule has 0 unspecified atom stereocenters. The van der Waals surface area contributed by atoms with Crippen LogP contribution in [0.2, 0.25) is 0 Å². The molecule has 2 aliphatic rings. The fraction of sp³-hybridized carbons (Fsp3) is 0.917. The van der Waals surface area contributed by atoms with Gasteiger partial charge in [-0.05, 0) is 27.2 Å². The predicted octanol–water partition coefficient (Wildman–Crippen LogP) is 1.09. The van der Waals surface area contributed by atoms with Crippen LogP contribution in [0.4, 0.5) is 9.18 Å². The van der Waals surface area contributed by atoms with Gasteiger partial charge in [0.1, 0.15) is 11.8 Å². The molecular weight excluding hydrogens is 241 g/mol. The first kappa shape index (κ1) is 13.5. The van der Waals surface area contributed by atoms with E-state index in [0.29, 0.717) is 6.61 Å². The van der Waals surface area contributed by atoms with Gasteiger partial charge in [0.15, 0.2) is 0 Å². The van der Waals surface area contributed by atoms with Crippen LogP contribution in [0.3, 0.4) is 0 Å². The van der Waals surface area contributed by atoms with Crippen molar-refractivity contribution in [1.29, 1.82) is 0 Å². The van der Waals surface area contributed by atoms with E-state index in [0.717, 1.165) is 0 Å². The largest absolute Gasteiger partial charge is 0.444 e. The highest BCUT2D eigenvalue weighted by Gasteiger charge is 2.49. The average molecular weight is 261 g/mol. The van der Waals surface area contributed by atoms with Gasteiger partial charge in [-0.3, -0.25) is 4.90 Å². The standard InChI is InChI=1S/C12H20FNO4/c1-12(2,3)18-11(16)14-7-4-9(15)10(13)8(14)6-17-5-7/h7-10,15H,4-6H2,1-3H3/t7-,8-,9+,10-/m0/s1. The van der Waals surface area contributed by atoms with Crippen molar-refractivity contribution in [2.45, 2.75) is 57.2 Å². The summed E-state index contributed by atoms with van der Waals surface area (Å²) >= 11 is 0. The molecule has 6 heteroatoms. The Balaban J connectivity index is 2.14. The topological polar surface area (TPSA) is 59.0 Å². The Labute approximate surface area is 106 Å². The fourth-order valence-corrected chi connectivity index (χ4v) is 2.45. The molecule has 2 bridgehead atoms. The van der Waals surface area contributed by atoms with Crippen LogP contribution in [0.25, 0.3) is 0 Å². The number of carbonyl (C=O) groups is 1. The molecule has 0 saturated carbocycles. The van der Waals surface area contributed by atoms with Crippen molar-refractivity contribution in [1.82, 2.24) is 4.90 Å². The third-order valence-corrected chi connectivity index (χ3v) is 3.20. The number of amides is 1. The molecule has 5 nitrogen and oxygen atoms in total. The number of morpholine rings is 1. The van der Waals surface area contributed by atoms with Crippen LogP contribution in [-0.2, 0) is 9.47 Å². The van der Waals surface area contributed by atoms with E-state index in [9.17, 15) is 14.3 Å². The SMILES string of the molecule is CC(C)(C)OC(=O)N1[C@@H]2COC[C@H]1[C@H](F)[C@H](O)C2. The second-order valence-corrected chi connectivity index (χ2v) is 5.89. The van der Waals surface area contributed by atoms with Crippen molar-refractivity contribution in [3.8, 4) is 0 Å². The normalized spacial score (nSPS) is 36.4. The molecule has 0 aliphatic carbocycles. The number of nitrogens with zero attached hydrogens (tertiary/aromatic N) is 1. The van der Waals surface area contributed by atoms with E-state index in [4.69, 9.17) is 9.47 Å². The molecule has 2 fully saturated rings. The van der Waals surface area contributed by atoms with E-state index in [1.165, 1.54) is 4.90 Å². The second kappa shape index (κ2) is 4.66. The Morgan fingerprint density at radius 1 is 1.44 bits per heavy atom. The molecule has 2 heterocycles. The monoisotopic (exact) mass is 261 g/mol. The Hall–Kier alpha value is -0.880. The number of aliphatic hydroxyl groups excluding tert-OH is 1. The van der Waals surface area contributed by atoms with E-state index in [1.54, 1.807) is 20.8 Å². The van der Waals surface area contributed by atoms with Crippen molar-refractivity contribution in [3.05, 3.63) is 0 Å². The number of carbonyl (C=O) groups excluding carboxylic acids is 1. The Kier molecular flexibility index (Phi) is 3.51. The zero-order chi connectivity index (χ0) is 13.5. The maximum Gasteiger partial charge on any atom is 0.411 e. The van der Waals surface area contributed by atoms with E-state index in [-0.39, 0.29) is 19.1 Å². The fourth-order valence-electron chi connectivity index (χ4n) is 2.45. The number of fused-ring (bicyclic) bond motifs is 2. The molecule has 2 aliphatic heterocycles. The number of piperidine rings is 1. The molecule has 2 saturated heterocycles. The number of hydrogen-bond donors (Lipinski definition) is 1. The van der Waals surface area contributed by atoms with Crippen LogP contribution in [0.5, 0.6) is 0 Å². The molecule has 0 spiro atoms. The number of alkyl halides is 1. The van der Waals surface area contributed by atoms with Crippen LogP contribution in [0.1, 0.15) is 27.2 Å². The third-order valence-electron chi connectivity index (χ3n) is 3.20. The Morgan fingerprint density at radius 2 is 2.11 bits per heavy atom. The summed E-state index contributed by atoms with van der Waals surface area (Å²) in [5.74, 6) is 0. The first-order valence-electron chi connectivity index (χ1n) is 6.21. The van der Waals surface area contributed by atoms with Crippen molar-refractivity contribution >= 4 is 6.09 Å². The van der Waals surface area contributed by atoms with Crippen LogP contribution < -0.4 is 0 Å². The summed E-state index contributed by atoms with van der Waals surface area (Å²) in [5, 5.41) is 9.61. The lowest BCUT2D eigenvalue weighted by molar-refractivity contribution is -0.136. The highest BCUT2D eigenvalue weighted by molar-refractivity contribution is 5.69. The molecule has 18 heavy (non-hydrogen) atoms. The highest BCUT2D eigenvalue weighted by atomic mass is 19.1. The van der Waals surface area contributed by atoms with Crippen molar-refractivity contribution < 1.29 is 23.8 Å². The molecule has 2 rings (SSSR count). The van der Waals surface area contributed by atoms with Crippen molar-refractivity contribution in [3.63, 3.8) is 0 Å². The van der Waals surface area contributed by atoms with E-state index >= 15 is 0 Å².